The van der Waals surface area contributed by atoms with Crippen LogP contribution in [0.2, 0.25) is 0 Å². The van der Waals surface area contributed by atoms with Crippen molar-refractivity contribution in [2.45, 2.75) is 45.8 Å². The molecule has 158 valence electrons. The maximum atomic E-state index is 12.6. The summed E-state index contributed by atoms with van der Waals surface area (Å²) in [6.07, 6.45) is 3.62. The predicted octanol–water partition coefficient (Wildman–Crippen LogP) is 3.47. The normalized spacial score (nSPS) is 15.6. The Morgan fingerprint density at radius 2 is 2.10 bits per heavy atom. The topological polar surface area (TPSA) is 80.5 Å². The quantitative estimate of drug-likeness (QED) is 0.640. The van der Waals surface area contributed by atoms with Gasteiger partial charge in [-0.1, -0.05) is 30.6 Å². The van der Waals surface area contributed by atoms with E-state index in [2.05, 4.69) is 32.0 Å². The molecular weight excluding hydrogens is 382 g/mol. The Labute approximate surface area is 168 Å². The largest absolute Gasteiger partial charge is 0.434 e. The minimum Gasteiger partial charge on any atom is -0.434 e. The molecule has 1 aromatic carbocycles. The molecule has 1 aromatic heterocycles. The summed E-state index contributed by atoms with van der Waals surface area (Å²) >= 11 is 0. The molecule has 1 saturated heterocycles. The van der Waals surface area contributed by atoms with E-state index in [1.165, 1.54) is 6.07 Å². The molecule has 0 radical (unpaired) electrons. The molecule has 0 aliphatic carbocycles. The van der Waals surface area contributed by atoms with Crippen LogP contribution in [0.5, 0.6) is 5.75 Å². The van der Waals surface area contributed by atoms with Crippen LogP contribution in [0.15, 0.2) is 28.8 Å². The average Bonchev–Trinajstić information content (AvgIpc) is 3.17. The lowest BCUT2D eigenvalue weighted by Crippen LogP contribution is -2.40. The number of alkyl halides is 2. The fraction of sp³-hybridized carbons (Fsp3) is 0.550. The molecule has 7 nitrogen and oxygen atoms in total. The van der Waals surface area contributed by atoms with Gasteiger partial charge in [0.15, 0.2) is 0 Å². The number of nitrogens with zero attached hydrogens (tertiary/aromatic N) is 3. The fourth-order valence-electron chi connectivity index (χ4n) is 3.36. The summed E-state index contributed by atoms with van der Waals surface area (Å²) in [7, 11) is 0. The Bertz CT molecular complexity index is 792. The average molecular weight is 408 g/mol. The lowest BCUT2D eigenvalue weighted by atomic mass is 9.96. The van der Waals surface area contributed by atoms with Gasteiger partial charge in [0.25, 0.3) is 0 Å². The minimum atomic E-state index is -2.93. The maximum absolute atomic E-state index is 12.6. The van der Waals surface area contributed by atoms with Crippen molar-refractivity contribution < 1.29 is 22.8 Å². The zero-order valence-electron chi connectivity index (χ0n) is 16.4. The number of aromatic nitrogens is 2. The number of carbonyl (C=O) groups excluding carboxylic acids is 1. The van der Waals surface area contributed by atoms with E-state index < -0.39 is 6.61 Å². The van der Waals surface area contributed by atoms with E-state index in [-0.39, 0.29) is 23.4 Å². The van der Waals surface area contributed by atoms with Crippen molar-refractivity contribution >= 4 is 5.91 Å². The van der Waals surface area contributed by atoms with Gasteiger partial charge in [-0.3, -0.25) is 9.69 Å². The third-order valence-corrected chi connectivity index (χ3v) is 4.96. The van der Waals surface area contributed by atoms with Crippen molar-refractivity contribution in [1.82, 2.24) is 20.4 Å². The number of hydrogen-bond donors (Lipinski definition) is 1. The number of nitrogens with one attached hydrogen (secondary N) is 1. The molecule has 1 fully saturated rings. The number of piperidine rings is 1. The van der Waals surface area contributed by atoms with Crippen LogP contribution in [-0.2, 0) is 11.3 Å². The number of carbonyl (C=O) groups is 1. The van der Waals surface area contributed by atoms with Gasteiger partial charge in [0.2, 0.25) is 17.6 Å². The summed E-state index contributed by atoms with van der Waals surface area (Å²) in [5.74, 6) is 0.789. The second kappa shape index (κ2) is 10.3. The molecule has 0 unspecified atom stereocenters. The molecule has 2 aromatic rings. The van der Waals surface area contributed by atoms with E-state index in [1.807, 2.05) is 0 Å². The van der Waals surface area contributed by atoms with Gasteiger partial charge in [0.1, 0.15) is 5.75 Å². The van der Waals surface area contributed by atoms with Crippen LogP contribution in [-0.4, -0.2) is 47.2 Å². The van der Waals surface area contributed by atoms with E-state index in [0.717, 1.165) is 45.3 Å². The van der Waals surface area contributed by atoms with Crippen LogP contribution in [0, 0.1) is 5.92 Å². The first-order valence-corrected chi connectivity index (χ1v) is 9.93. The molecular formula is C20H26F2N4O3. The van der Waals surface area contributed by atoms with E-state index in [9.17, 15) is 13.6 Å². The SMILES string of the molecule is CCCCNC(=O)C1CCN(Cc2nc(-c3ccccc3OC(F)F)no2)CC1. The molecule has 0 atom stereocenters. The predicted molar refractivity (Wildman–Crippen MR) is 102 cm³/mol. The summed E-state index contributed by atoms with van der Waals surface area (Å²) in [4.78, 5) is 18.6. The summed E-state index contributed by atoms with van der Waals surface area (Å²) < 4.78 is 35.0. The first-order chi connectivity index (χ1) is 14.1. The van der Waals surface area contributed by atoms with Crippen LogP contribution < -0.4 is 10.1 Å². The number of unbranched alkanes of at least 4 members (excludes halogenated alkanes) is 1. The number of likely N-dealkylation sites (tertiary alicyclic amines) is 1. The zero-order chi connectivity index (χ0) is 20.6. The van der Waals surface area contributed by atoms with Gasteiger partial charge in [-0.2, -0.15) is 13.8 Å². The van der Waals surface area contributed by atoms with Crippen LogP contribution in [0.25, 0.3) is 11.4 Å². The first kappa shape index (κ1) is 21.2. The highest BCUT2D eigenvalue weighted by Crippen LogP contribution is 2.29. The Balaban J connectivity index is 1.54. The summed E-state index contributed by atoms with van der Waals surface area (Å²) in [6, 6.07) is 6.34. The number of benzene rings is 1. The Morgan fingerprint density at radius 3 is 2.83 bits per heavy atom. The Kier molecular flexibility index (Phi) is 7.51. The lowest BCUT2D eigenvalue weighted by Gasteiger charge is -2.30. The number of amides is 1. The highest BCUT2D eigenvalue weighted by molar-refractivity contribution is 5.78. The van der Waals surface area contributed by atoms with Crippen molar-refractivity contribution in [1.29, 1.82) is 0 Å². The van der Waals surface area contributed by atoms with Gasteiger partial charge in [0, 0.05) is 12.5 Å². The van der Waals surface area contributed by atoms with Gasteiger partial charge in [-0.05, 0) is 44.5 Å². The van der Waals surface area contributed by atoms with Gasteiger partial charge < -0.3 is 14.6 Å². The molecule has 1 N–H and O–H groups in total. The third kappa shape index (κ3) is 5.96. The van der Waals surface area contributed by atoms with E-state index in [0.29, 0.717) is 18.0 Å². The van der Waals surface area contributed by atoms with Gasteiger partial charge in [0.05, 0.1) is 12.1 Å². The second-order valence-electron chi connectivity index (χ2n) is 7.08. The molecule has 3 rings (SSSR count). The van der Waals surface area contributed by atoms with Crippen molar-refractivity contribution in [3.8, 4) is 17.1 Å². The molecule has 1 amide bonds. The number of halogens is 2. The highest BCUT2D eigenvalue weighted by atomic mass is 19.3. The third-order valence-electron chi connectivity index (χ3n) is 4.96. The molecule has 1 aliphatic rings. The van der Waals surface area contributed by atoms with E-state index in [1.54, 1.807) is 18.2 Å². The molecule has 0 spiro atoms. The van der Waals surface area contributed by atoms with E-state index in [4.69, 9.17) is 4.52 Å². The van der Waals surface area contributed by atoms with Gasteiger partial charge >= 0.3 is 6.61 Å². The molecule has 0 saturated carbocycles. The van der Waals surface area contributed by atoms with E-state index >= 15 is 0 Å². The standard InChI is InChI=1S/C20H26F2N4O3/c1-2-3-10-23-19(27)14-8-11-26(12-9-14)13-17-24-18(25-29-17)15-6-4-5-7-16(15)28-20(21)22/h4-7,14,20H,2-3,8-13H2,1H3,(H,23,27). The maximum Gasteiger partial charge on any atom is 0.387 e. The molecule has 9 heteroatoms. The van der Waals surface area contributed by atoms with Crippen molar-refractivity contribution in [3.63, 3.8) is 0 Å². The number of hydrogen-bond acceptors (Lipinski definition) is 6. The Hall–Kier alpha value is -2.55. The number of rotatable bonds is 9. The van der Waals surface area contributed by atoms with Crippen LogP contribution in [0.3, 0.4) is 0 Å². The van der Waals surface area contributed by atoms with Gasteiger partial charge in [-0.15, -0.1) is 0 Å². The number of ether oxygens (including phenoxy) is 1. The first-order valence-electron chi connectivity index (χ1n) is 9.93. The zero-order valence-corrected chi connectivity index (χ0v) is 16.4. The molecule has 2 heterocycles. The molecule has 1 aliphatic heterocycles. The highest BCUT2D eigenvalue weighted by Gasteiger charge is 2.26. The minimum absolute atomic E-state index is 0.00440. The lowest BCUT2D eigenvalue weighted by molar-refractivity contribution is -0.126. The van der Waals surface area contributed by atoms with Crippen LogP contribution in [0.4, 0.5) is 8.78 Å². The second-order valence-corrected chi connectivity index (χ2v) is 7.08. The molecule has 29 heavy (non-hydrogen) atoms. The van der Waals surface area contributed by atoms with Crippen molar-refractivity contribution in [2.24, 2.45) is 5.92 Å². The van der Waals surface area contributed by atoms with Crippen LogP contribution >= 0.6 is 0 Å². The fourth-order valence-corrected chi connectivity index (χ4v) is 3.36. The molecule has 0 bridgehead atoms. The Morgan fingerprint density at radius 1 is 1.34 bits per heavy atom. The number of para-hydroxylation sites is 1. The monoisotopic (exact) mass is 408 g/mol. The summed E-state index contributed by atoms with van der Waals surface area (Å²) in [6.45, 7) is 1.87. The summed E-state index contributed by atoms with van der Waals surface area (Å²) in [5.41, 5.74) is 0.352. The summed E-state index contributed by atoms with van der Waals surface area (Å²) in [5, 5.41) is 6.90. The smallest absolute Gasteiger partial charge is 0.387 e. The van der Waals surface area contributed by atoms with Gasteiger partial charge in [-0.25, -0.2) is 0 Å². The van der Waals surface area contributed by atoms with Crippen molar-refractivity contribution in [3.05, 3.63) is 30.2 Å². The van der Waals surface area contributed by atoms with Crippen LogP contribution in [0.1, 0.15) is 38.5 Å². The van der Waals surface area contributed by atoms with Crippen molar-refractivity contribution in [2.75, 3.05) is 19.6 Å².